The van der Waals surface area contributed by atoms with E-state index in [0.717, 1.165) is 28.3 Å². The van der Waals surface area contributed by atoms with E-state index in [1.54, 1.807) is 31.2 Å². The topological polar surface area (TPSA) is 140 Å². The molecule has 0 saturated carbocycles. The van der Waals surface area contributed by atoms with Gasteiger partial charge in [0.15, 0.2) is 18.1 Å². The summed E-state index contributed by atoms with van der Waals surface area (Å²) in [6, 6.07) is 14.3. The maximum absolute atomic E-state index is 12.9. The first-order valence-corrected chi connectivity index (χ1v) is 14.4. The van der Waals surface area contributed by atoms with E-state index in [4.69, 9.17) is 28.4 Å². The zero-order valence-electron chi connectivity index (χ0n) is 24.8. The van der Waals surface area contributed by atoms with Crippen LogP contribution < -0.4 is 23.7 Å². The van der Waals surface area contributed by atoms with Gasteiger partial charge in [-0.05, 0) is 56.7 Å². The maximum Gasteiger partial charge on any atom is 0.515 e. The van der Waals surface area contributed by atoms with Crippen LogP contribution in [0.1, 0.15) is 26.3 Å². The van der Waals surface area contributed by atoms with Crippen LogP contribution in [-0.4, -0.2) is 64.1 Å². The largest absolute Gasteiger partial charge is 0.515 e. The Morgan fingerprint density at radius 1 is 0.955 bits per heavy atom. The number of carboxylic acid groups (broad SMARTS) is 1. The van der Waals surface area contributed by atoms with Gasteiger partial charge >= 0.3 is 12.1 Å². The first-order chi connectivity index (χ1) is 21.2. The monoisotopic (exact) mass is 621 g/mol. The molecule has 2 heterocycles. The highest BCUT2D eigenvalue weighted by Crippen LogP contribution is 2.48. The molecule has 0 bridgehead atoms. The van der Waals surface area contributed by atoms with Crippen molar-refractivity contribution in [2.75, 3.05) is 27.4 Å². The molecular weight excluding hydrogens is 590 g/mol. The van der Waals surface area contributed by atoms with Crippen LogP contribution in [0.5, 0.6) is 28.9 Å². The van der Waals surface area contributed by atoms with Gasteiger partial charge in [0.25, 0.3) is 0 Å². The second-order valence-corrected chi connectivity index (χ2v) is 10.4. The molecule has 0 amide bonds. The quantitative estimate of drug-likeness (QED) is 0.160. The van der Waals surface area contributed by atoms with E-state index in [1.807, 2.05) is 42.7 Å². The Labute approximate surface area is 257 Å². The lowest BCUT2D eigenvalue weighted by Crippen LogP contribution is -2.14. The second kappa shape index (κ2) is 13.1. The van der Waals surface area contributed by atoms with Gasteiger partial charge in [-0.1, -0.05) is 6.07 Å². The van der Waals surface area contributed by atoms with Crippen molar-refractivity contribution in [3.05, 3.63) is 54.1 Å². The molecule has 0 aliphatic rings. The number of carbonyl (C=O) groups is 2. The number of aliphatic carboxylic acids is 1. The van der Waals surface area contributed by atoms with Gasteiger partial charge in [-0.25, -0.2) is 9.59 Å². The number of methoxy groups -OCH3 is 2. The lowest BCUT2D eigenvalue weighted by molar-refractivity contribution is -0.139. The van der Waals surface area contributed by atoms with Gasteiger partial charge < -0.3 is 38.1 Å². The van der Waals surface area contributed by atoms with Gasteiger partial charge in [0.05, 0.1) is 56.3 Å². The first-order valence-electron chi connectivity index (χ1n) is 13.7. The molecule has 0 saturated heterocycles. The highest BCUT2D eigenvalue weighted by molar-refractivity contribution is 7.00. The van der Waals surface area contributed by atoms with E-state index in [2.05, 4.69) is 8.75 Å². The Morgan fingerprint density at radius 3 is 2.45 bits per heavy atom. The molecular formula is C31H31N3O9S. The number of hydrogen-bond donors (Lipinski definition) is 1. The fourth-order valence-electron chi connectivity index (χ4n) is 4.79. The van der Waals surface area contributed by atoms with Gasteiger partial charge in [-0.2, -0.15) is 8.75 Å². The molecule has 0 aliphatic carbocycles. The van der Waals surface area contributed by atoms with Crippen LogP contribution in [-0.2, 0) is 16.1 Å². The van der Waals surface area contributed by atoms with Gasteiger partial charge in [0.1, 0.15) is 22.5 Å². The molecule has 5 aromatic rings. The number of aromatic nitrogens is 3. The average Bonchev–Trinajstić information content (AvgIpc) is 3.57. The minimum Gasteiger partial charge on any atom is -0.497 e. The van der Waals surface area contributed by atoms with Crippen LogP contribution in [0.25, 0.3) is 33.1 Å². The van der Waals surface area contributed by atoms with Crippen molar-refractivity contribution in [3.8, 4) is 40.0 Å². The van der Waals surface area contributed by atoms with Gasteiger partial charge in [-0.3, -0.25) is 0 Å². The van der Waals surface area contributed by atoms with Crippen molar-refractivity contribution >= 4 is 45.8 Å². The smallest absolute Gasteiger partial charge is 0.497 e. The minimum absolute atomic E-state index is 0.0948. The molecule has 13 heteroatoms. The average molecular weight is 622 g/mol. The summed E-state index contributed by atoms with van der Waals surface area (Å²) in [4.78, 5) is 24.4. The van der Waals surface area contributed by atoms with Crippen molar-refractivity contribution < 1.29 is 43.1 Å². The highest BCUT2D eigenvalue weighted by atomic mass is 32.1. The Bertz CT molecular complexity index is 1830. The summed E-state index contributed by atoms with van der Waals surface area (Å²) >= 11 is 1.12. The second-order valence-electron chi connectivity index (χ2n) is 9.87. The Morgan fingerprint density at radius 2 is 1.75 bits per heavy atom. The summed E-state index contributed by atoms with van der Waals surface area (Å²) < 4.78 is 44.5. The Balaban J connectivity index is 1.83. The van der Waals surface area contributed by atoms with Gasteiger partial charge in [0.2, 0.25) is 5.88 Å². The lowest BCUT2D eigenvalue weighted by atomic mass is 10.0. The molecule has 3 aromatic carbocycles. The van der Waals surface area contributed by atoms with Crippen molar-refractivity contribution in [2.24, 2.45) is 0 Å². The molecule has 2 aromatic heterocycles. The molecule has 0 atom stereocenters. The number of benzene rings is 3. The van der Waals surface area contributed by atoms with Crippen LogP contribution in [0.3, 0.4) is 0 Å². The Kier molecular flexibility index (Phi) is 9.04. The predicted molar refractivity (Wildman–Crippen MR) is 164 cm³/mol. The number of carboxylic acids is 1. The molecule has 0 unspecified atom stereocenters. The fraction of sp³-hybridized carbons (Fsp3) is 0.290. The number of hydrogen-bond acceptors (Lipinski definition) is 11. The first kappa shape index (κ1) is 30.4. The van der Waals surface area contributed by atoms with Gasteiger partial charge in [0, 0.05) is 23.1 Å². The molecule has 1 N–H and O–H groups in total. The van der Waals surface area contributed by atoms with E-state index in [9.17, 15) is 14.7 Å². The normalized spacial score (nSPS) is 11.1. The van der Waals surface area contributed by atoms with Gasteiger partial charge in [-0.15, -0.1) is 0 Å². The van der Waals surface area contributed by atoms with Crippen LogP contribution in [0, 0.1) is 0 Å². The number of carbonyl (C=O) groups excluding carboxylic acids is 1. The summed E-state index contributed by atoms with van der Waals surface area (Å²) in [5.74, 6) is 0.567. The number of ether oxygens (including phenoxy) is 6. The molecule has 5 rings (SSSR count). The molecule has 0 radical (unpaired) electrons. The van der Waals surface area contributed by atoms with Crippen molar-refractivity contribution in [1.29, 1.82) is 0 Å². The minimum atomic E-state index is -1.16. The number of rotatable bonds is 12. The lowest BCUT2D eigenvalue weighted by Gasteiger charge is -2.15. The number of fused-ring (bicyclic) bond motifs is 2. The zero-order valence-corrected chi connectivity index (χ0v) is 25.6. The number of nitrogens with zero attached hydrogens (tertiary/aromatic N) is 3. The van der Waals surface area contributed by atoms with E-state index < -0.39 is 18.7 Å². The van der Waals surface area contributed by atoms with Crippen LogP contribution in [0.2, 0.25) is 0 Å². The highest BCUT2D eigenvalue weighted by Gasteiger charge is 2.28. The van der Waals surface area contributed by atoms with Crippen molar-refractivity contribution in [3.63, 3.8) is 0 Å². The maximum atomic E-state index is 12.9. The van der Waals surface area contributed by atoms with Crippen molar-refractivity contribution in [2.45, 2.75) is 33.4 Å². The Hall–Kier alpha value is -5.04. The standard InChI is InChI=1S/C31H31N3O9S/c1-6-40-31(37)43-30-29(20-9-8-19(38-4)12-25(20)41-16-28(35)36)21-13-26(39-5)27(42-17(2)3)14-24(21)34(30)15-18-7-10-22-23(11-18)33-44-32-22/h7-14,17H,6,15-16H2,1-5H3,(H,35,36). The van der Waals surface area contributed by atoms with Crippen LogP contribution in [0.4, 0.5) is 4.79 Å². The third-order valence-corrected chi connectivity index (χ3v) is 7.13. The predicted octanol–water partition coefficient (Wildman–Crippen LogP) is 6.16. The SMILES string of the molecule is CCOC(=O)Oc1c(-c2ccc(OC)cc2OCC(=O)O)c2cc(OC)c(OC(C)C)cc2n1Cc1ccc2nsnc2c1. The summed E-state index contributed by atoms with van der Waals surface area (Å²) in [7, 11) is 3.03. The summed E-state index contributed by atoms with van der Waals surface area (Å²) in [5.41, 5.74) is 3.92. The molecule has 12 nitrogen and oxygen atoms in total. The van der Waals surface area contributed by atoms with Crippen LogP contribution in [0.15, 0.2) is 48.5 Å². The van der Waals surface area contributed by atoms with Crippen molar-refractivity contribution in [1.82, 2.24) is 13.3 Å². The van der Waals surface area contributed by atoms with E-state index in [1.165, 1.54) is 14.2 Å². The zero-order chi connectivity index (χ0) is 31.4. The summed E-state index contributed by atoms with van der Waals surface area (Å²) in [6.45, 7) is 5.24. The third kappa shape index (κ3) is 6.32. The fourth-order valence-corrected chi connectivity index (χ4v) is 5.31. The summed E-state index contributed by atoms with van der Waals surface area (Å²) in [6.07, 6.45) is -1.07. The van der Waals surface area contributed by atoms with E-state index >= 15 is 0 Å². The third-order valence-electron chi connectivity index (χ3n) is 6.57. The molecule has 44 heavy (non-hydrogen) atoms. The molecule has 0 fully saturated rings. The van der Waals surface area contributed by atoms with E-state index in [-0.39, 0.29) is 30.9 Å². The molecule has 0 spiro atoms. The molecule has 230 valence electrons. The molecule has 0 aliphatic heterocycles. The van der Waals surface area contributed by atoms with E-state index in [0.29, 0.717) is 39.3 Å². The van der Waals surface area contributed by atoms with Crippen LogP contribution >= 0.6 is 11.7 Å². The summed E-state index contributed by atoms with van der Waals surface area (Å²) in [5, 5.41) is 10.0.